The quantitative estimate of drug-likeness (QED) is 0.450. The van der Waals surface area contributed by atoms with Crippen LogP contribution >= 0.6 is 27.3 Å². The molecule has 2 aromatic carbocycles. The Kier molecular flexibility index (Phi) is 5.35. The number of thiazole rings is 1. The Labute approximate surface area is 158 Å². The van der Waals surface area contributed by atoms with E-state index in [0.717, 1.165) is 16.8 Å². The van der Waals surface area contributed by atoms with Crippen LogP contribution in [0.5, 0.6) is 11.5 Å². The van der Waals surface area contributed by atoms with E-state index in [2.05, 4.69) is 62.6 Å². The molecule has 0 aliphatic heterocycles. The SMILES string of the molecule is COc1ccc(/C=N\Nc2nc(-c3ccc(C)cc3)cs2)c(Br)c1O. The van der Waals surface area contributed by atoms with Crippen molar-refractivity contribution in [3.05, 3.63) is 57.4 Å². The Morgan fingerprint density at radius 3 is 2.72 bits per heavy atom. The van der Waals surface area contributed by atoms with Gasteiger partial charge in [0, 0.05) is 16.5 Å². The first kappa shape index (κ1) is 17.4. The predicted octanol–water partition coefficient (Wildman–Crippen LogP) is 5.04. The van der Waals surface area contributed by atoms with Crippen LogP contribution in [-0.4, -0.2) is 23.4 Å². The van der Waals surface area contributed by atoms with Gasteiger partial charge in [0.05, 0.1) is 23.5 Å². The number of anilines is 1. The first-order chi connectivity index (χ1) is 12.1. The van der Waals surface area contributed by atoms with Gasteiger partial charge in [-0.3, -0.25) is 5.43 Å². The highest BCUT2D eigenvalue weighted by atomic mass is 79.9. The lowest BCUT2D eigenvalue weighted by Crippen LogP contribution is -1.93. The van der Waals surface area contributed by atoms with Crippen LogP contribution < -0.4 is 10.2 Å². The van der Waals surface area contributed by atoms with E-state index in [-0.39, 0.29) is 5.75 Å². The fraction of sp³-hybridized carbons (Fsp3) is 0.111. The summed E-state index contributed by atoms with van der Waals surface area (Å²) in [7, 11) is 1.50. The van der Waals surface area contributed by atoms with Crippen LogP contribution in [0.3, 0.4) is 0 Å². The summed E-state index contributed by atoms with van der Waals surface area (Å²) in [5, 5.41) is 16.8. The molecule has 0 saturated carbocycles. The largest absolute Gasteiger partial charge is 0.503 e. The van der Waals surface area contributed by atoms with Crippen LogP contribution in [0, 0.1) is 6.92 Å². The number of aromatic nitrogens is 1. The molecule has 0 atom stereocenters. The average Bonchev–Trinajstić information content (AvgIpc) is 3.08. The average molecular weight is 418 g/mol. The topological polar surface area (TPSA) is 66.7 Å². The number of hydrazone groups is 1. The van der Waals surface area contributed by atoms with Crippen LogP contribution in [0.15, 0.2) is 51.4 Å². The van der Waals surface area contributed by atoms with Gasteiger partial charge >= 0.3 is 0 Å². The second-order valence-electron chi connectivity index (χ2n) is 5.29. The first-order valence-electron chi connectivity index (χ1n) is 7.45. The molecular formula is C18H16BrN3O2S. The second-order valence-corrected chi connectivity index (χ2v) is 6.94. The normalized spacial score (nSPS) is 11.0. The van der Waals surface area contributed by atoms with Crippen molar-refractivity contribution in [2.75, 3.05) is 12.5 Å². The van der Waals surface area contributed by atoms with E-state index in [1.807, 2.05) is 5.38 Å². The summed E-state index contributed by atoms with van der Waals surface area (Å²) in [6.07, 6.45) is 1.61. The van der Waals surface area contributed by atoms with Crippen molar-refractivity contribution < 1.29 is 9.84 Å². The van der Waals surface area contributed by atoms with Gasteiger partial charge in [-0.1, -0.05) is 29.8 Å². The summed E-state index contributed by atoms with van der Waals surface area (Å²) in [4.78, 5) is 4.52. The summed E-state index contributed by atoms with van der Waals surface area (Å²) in [6, 6.07) is 11.7. The number of ether oxygens (including phenoxy) is 1. The monoisotopic (exact) mass is 417 g/mol. The van der Waals surface area contributed by atoms with Crippen molar-refractivity contribution in [2.45, 2.75) is 6.92 Å². The van der Waals surface area contributed by atoms with Gasteiger partial charge in [0.1, 0.15) is 0 Å². The number of phenols is 1. The minimum absolute atomic E-state index is 0.0438. The third-order valence-corrected chi connectivity index (χ3v) is 5.12. The maximum absolute atomic E-state index is 9.98. The van der Waals surface area contributed by atoms with Crippen molar-refractivity contribution in [3.63, 3.8) is 0 Å². The Bertz CT molecular complexity index is 907. The molecule has 0 bridgehead atoms. The van der Waals surface area contributed by atoms with Crippen molar-refractivity contribution in [2.24, 2.45) is 5.10 Å². The molecule has 0 radical (unpaired) electrons. The number of nitrogens with one attached hydrogen (secondary N) is 1. The molecule has 2 N–H and O–H groups in total. The van der Waals surface area contributed by atoms with E-state index >= 15 is 0 Å². The number of rotatable bonds is 5. The van der Waals surface area contributed by atoms with Gasteiger partial charge in [0.2, 0.25) is 5.13 Å². The number of halogens is 1. The maximum atomic E-state index is 9.98. The van der Waals surface area contributed by atoms with Crippen molar-refractivity contribution >= 4 is 38.6 Å². The number of hydrogen-bond acceptors (Lipinski definition) is 6. The predicted molar refractivity (Wildman–Crippen MR) is 106 cm³/mol. The summed E-state index contributed by atoms with van der Waals surface area (Å²) in [5.74, 6) is 0.446. The number of phenolic OH excluding ortho intramolecular Hbond substituents is 1. The van der Waals surface area contributed by atoms with Gasteiger partial charge in [-0.25, -0.2) is 4.98 Å². The zero-order chi connectivity index (χ0) is 17.8. The number of aryl methyl sites for hydroxylation is 1. The van der Waals surface area contributed by atoms with Gasteiger partial charge in [-0.2, -0.15) is 5.10 Å². The van der Waals surface area contributed by atoms with E-state index in [1.165, 1.54) is 24.0 Å². The molecule has 3 rings (SSSR count). The highest BCUT2D eigenvalue weighted by Crippen LogP contribution is 2.35. The summed E-state index contributed by atoms with van der Waals surface area (Å²) in [6.45, 7) is 2.06. The molecule has 0 aliphatic rings. The molecule has 3 aromatic rings. The molecule has 0 amide bonds. The Morgan fingerprint density at radius 2 is 2.00 bits per heavy atom. The maximum Gasteiger partial charge on any atom is 0.203 e. The minimum Gasteiger partial charge on any atom is -0.503 e. The molecule has 128 valence electrons. The summed E-state index contributed by atoms with van der Waals surface area (Å²) >= 11 is 4.82. The highest BCUT2D eigenvalue weighted by molar-refractivity contribution is 9.10. The molecular weight excluding hydrogens is 402 g/mol. The first-order valence-corrected chi connectivity index (χ1v) is 9.13. The van der Waals surface area contributed by atoms with Crippen LogP contribution in [-0.2, 0) is 0 Å². The molecule has 25 heavy (non-hydrogen) atoms. The number of benzene rings is 2. The van der Waals surface area contributed by atoms with Gasteiger partial charge in [0.15, 0.2) is 11.5 Å². The third-order valence-electron chi connectivity index (χ3n) is 3.54. The summed E-state index contributed by atoms with van der Waals surface area (Å²) < 4.78 is 5.58. The van der Waals surface area contributed by atoms with Crippen molar-refractivity contribution in [1.29, 1.82) is 0 Å². The third kappa shape index (κ3) is 4.00. The molecule has 1 heterocycles. The lowest BCUT2D eigenvalue weighted by molar-refractivity contribution is 0.372. The van der Waals surface area contributed by atoms with Gasteiger partial charge in [-0.15, -0.1) is 11.3 Å². The molecule has 0 saturated heterocycles. The lowest BCUT2D eigenvalue weighted by Gasteiger charge is -2.06. The fourth-order valence-corrected chi connectivity index (χ4v) is 3.26. The number of methoxy groups -OCH3 is 1. The Morgan fingerprint density at radius 1 is 1.24 bits per heavy atom. The lowest BCUT2D eigenvalue weighted by atomic mass is 10.1. The molecule has 1 aromatic heterocycles. The molecule has 0 spiro atoms. The Balaban J connectivity index is 1.71. The van der Waals surface area contributed by atoms with Crippen LogP contribution in [0.4, 0.5) is 5.13 Å². The fourth-order valence-electron chi connectivity index (χ4n) is 2.17. The number of hydrogen-bond donors (Lipinski definition) is 2. The van der Waals surface area contributed by atoms with E-state index in [4.69, 9.17) is 4.74 Å². The van der Waals surface area contributed by atoms with Crippen LogP contribution in [0.1, 0.15) is 11.1 Å². The standard InChI is InChI=1S/C18H16BrN3O2S/c1-11-3-5-12(6-4-11)14-10-25-18(21-14)22-20-9-13-7-8-15(24-2)17(23)16(13)19/h3-10,23H,1-2H3,(H,21,22)/b20-9-. The van der Waals surface area contributed by atoms with Gasteiger partial charge in [-0.05, 0) is 35.0 Å². The highest BCUT2D eigenvalue weighted by Gasteiger charge is 2.09. The van der Waals surface area contributed by atoms with E-state index < -0.39 is 0 Å². The number of nitrogens with zero attached hydrogens (tertiary/aromatic N) is 2. The van der Waals surface area contributed by atoms with Gasteiger partial charge < -0.3 is 9.84 Å². The van der Waals surface area contributed by atoms with E-state index in [9.17, 15) is 5.11 Å². The molecule has 0 unspecified atom stereocenters. The second kappa shape index (κ2) is 7.67. The molecule has 7 heteroatoms. The van der Waals surface area contributed by atoms with E-state index in [0.29, 0.717) is 15.4 Å². The summed E-state index contributed by atoms with van der Waals surface area (Å²) in [5.41, 5.74) is 6.83. The van der Waals surface area contributed by atoms with E-state index in [1.54, 1.807) is 18.3 Å². The molecule has 5 nitrogen and oxygen atoms in total. The minimum atomic E-state index is 0.0438. The van der Waals surface area contributed by atoms with Crippen LogP contribution in [0.25, 0.3) is 11.3 Å². The van der Waals surface area contributed by atoms with Gasteiger partial charge in [0.25, 0.3) is 0 Å². The Hall–Kier alpha value is -2.38. The van der Waals surface area contributed by atoms with Crippen molar-refractivity contribution in [3.8, 4) is 22.8 Å². The zero-order valence-corrected chi connectivity index (χ0v) is 16.1. The number of aromatic hydroxyl groups is 1. The molecule has 0 fully saturated rings. The van der Waals surface area contributed by atoms with Crippen LogP contribution in [0.2, 0.25) is 0 Å². The van der Waals surface area contributed by atoms with Crippen molar-refractivity contribution in [1.82, 2.24) is 4.98 Å². The molecule has 0 aliphatic carbocycles. The zero-order valence-electron chi connectivity index (χ0n) is 13.7. The smallest absolute Gasteiger partial charge is 0.203 e.